The molecule has 4 rings (SSSR count). The Kier molecular flexibility index (Phi) is 9.56. The predicted octanol–water partition coefficient (Wildman–Crippen LogP) is 0.899. The number of benzene rings is 2. The van der Waals surface area contributed by atoms with Crippen LogP contribution in [-0.2, 0) is 32.6 Å². The van der Waals surface area contributed by atoms with Crippen LogP contribution in [0.3, 0.4) is 0 Å². The molecule has 0 heterocycles. The third-order valence-corrected chi connectivity index (χ3v) is 8.68. The summed E-state index contributed by atoms with van der Waals surface area (Å²) in [5.74, 6) is 0. The van der Waals surface area contributed by atoms with Crippen LogP contribution in [0.5, 0.6) is 0 Å². The Balaban J connectivity index is 0.00000140. The molecule has 3 aromatic carbocycles. The molecule has 0 aromatic heterocycles. The van der Waals surface area contributed by atoms with Crippen LogP contribution in [0.1, 0.15) is 38.2 Å². The first kappa shape index (κ1) is 26.8. The van der Waals surface area contributed by atoms with Crippen molar-refractivity contribution < 1.29 is 51.0 Å². The van der Waals surface area contributed by atoms with Crippen molar-refractivity contribution in [3.8, 4) is 11.1 Å². The molecule has 0 amide bonds. The first-order valence-corrected chi connectivity index (χ1v) is 13.7. The Morgan fingerprint density at radius 2 is 1.62 bits per heavy atom. The maximum absolute atomic E-state index is 2.47. The molecule has 1 radical (unpaired) electrons. The largest absolute Gasteiger partial charge is 3.00 e. The Morgan fingerprint density at radius 1 is 0.966 bits per heavy atom. The Hall–Kier alpha value is -0.270. The van der Waals surface area contributed by atoms with Gasteiger partial charge in [-0.1, -0.05) is 80.5 Å². The van der Waals surface area contributed by atoms with E-state index in [1.54, 1.807) is 0 Å². The molecule has 153 valence electrons. The van der Waals surface area contributed by atoms with E-state index in [0.717, 1.165) is 0 Å². The van der Waals surface area contributed by atoms with E-state index in [9.17, 15) is 0 Å². The molecule has 0 nitrogen and oxygen atoms in total. The Morgan fingerprint density at radius 3 is 2.14 bits per heavy atom. The van der Waals surface area contributed by atoms with Crippen LogP contribution in [0, 0.1) is 5.41 Å². The van der Waals surface area contributed by atoms with Crippen molar-refractivity contribution in [1.82, 2.24) is 0 Å². The van der Waals surface area contributed by atoms with Gasteiger partial charge in [-0.25, -0.2) is 0 Å². The minimum absolute atomic E-state index is 0. The maximum atomic E-state index is 2.47. The van der Waals surface area contributed by atoms with Gasteiger partial charge in [0.25, 0.3) is 0 Å². The van der Waals surface area contributed by atoms with E-state index in [1.807, 2.05) is 0 Å². The van der Waals surface area contributed by atoms with Gasteiger partial charge in [0.05, 0.1) is 8.07 Å². The number of fused-ring (bicyclic) bond motifs is 1. The zero-order valence-corrected chi connectivity index (χ0v) is 23.0. The van der Waals surface area contributed by atoms with Gasteiger partial charge in [-0.05, 0) is 30.2 Å². The normalized spacial score (nSPS) is 14.9. The summed E-state index contributed by atoms with van der Waals surface area (Å²) >= 11 is 0. The minimum Gasteiger partial charge on any atom is -1.00 e. The van der Waals surface area contributed by atoms with Crippen LogP contribution >= 0.6 is 0 Å². The van der Waals surface area contributed by atoms with Crippen molar-refractivity contribution >= 4 is 24.0 Å². The molecule has 1 aliphatic carbocycles. The molecule has 3 aromatic rings. The molecule has 0 atom stereocenters. The van der Waals surface area contributed by atoms with Gasteiger partial charge in [-0.2, -0.15) is 6.07 Å². The quantitative estimate of drug-likeness (QED) is 0.346. The van der Waals surface area contributed by atoms with Crippen molar-refractivity contribution in [1.29, 1.82) is 0 Å². The number of hydrogen-bond acceptors (Lipinski definition) is 0. The zero-order valence-electron chi connectivity index (χ0n) is 18.0. The second-order valence-corrected chi connectivity index (χ2v) is 14.5. The molecular formula is C25H31Cl2SiZr. The Labute approximate surface area is 209 Å². The smallest absolute Gasteiger partial charge is 1.00 e. The Bertz CT molecular complexity index is 913. The van der Waals surface area contributed by atoms with E-state index in [0.29, 0.717) is 5.41 Å². The van der Waals surface area contributed by atoms with Crippen LogP contribution in [-0.4, -0.2) is 8.07 Å². The van der Waals surface area contributed by atoms with Gasteiger partial charge in [-0.3, -0.25) is 0 Å². The minimum atomic E-state index is -1.24. The fraction of sp³-hybridized carbons (Fsp3) is 0.400. The van der Waals surface area contributed by atoms with Gasteiger partial charge in [0, 0.05) is 0 Å². The second-order valence-electron chi connectivity index (χ2n) is 9.38. The van der Waals surface area contributed by atoms with Crippen LogP contribution in [0.2, 0.25) is 19.6 Å². The number of hydrogen-bond donors (Lipinski definition) is 0. The molecule has 1 saturated carbocycles. The molecule has 1 fully saturated rings. The van der Waals surface area contributed by atoms with Gasteiger partial charge in [0.15, 0.2) is 0 Å². The number of halogens is 2. The first-order valence-electron chi connectivity index (χ1n) is 10.2. The van der Waals surface area contributed by atoms with Gasteiger partial charge in [0.2, 0.25) is 0 Å². The molecule has 29 heavy (non-hydrogen) atoms. The van der Waals surface area contributed by atoms with Crippen LogP contribution in [0.4, 0.5) is 0 Å². The summed E-state index contributed by atoms with van der Waals surface area (Å²) in [4.78, 5) is 0. The van der Waals surface area contributed by atoms with Crippen LogP contribution < -0.4 is 30.0 Å². The molecular weight excluding hydrogens is 490 g/mol. The van der Waals surface area contributed by atoms with Gasteiger partial charge in [0.1, 0.15) is 0 Å². The molecule has 0 spiro atoms. The fourth-order valence-electron chi connectivity index (χ4n) is 4.57. The SMILES string of the molecule is CCC1(Cc2cc3c(-c4ccc([Si](C)(C)C)cc4)cccc3[cH-]2)CCC1.[Cl-].[Cl-].[Zr+3]. The van der Waals surface area contributed by atoms with Crippen molar-refractivity contribution in [2.75, 3.05) is 0 Å². The summed E-state index contributed by atoms with van der Waals surface area (Å²) in [7, 11) is -1.24. The molecule has 1 aliphatic rings. The summed E-state index contributed by atoms with van der Waals surface area (Å²) in [6.07, 6.45) is 6.82. The fourth-order valence-corrected chi connectivity index (χ4v) is 5.73. The van der Waals surface area contributed by atoms with Gasteiger partial charge in [-0.15, -0.1) is 34.5 Å². The summed E-state index contributed by atoms with van der Waals surface area (Å²) in [5.41, 5.74) is 4.86. The third-order valence-electron chi connectivity index (χ3n) is 6.62. The van der Waals surface area contributed by atoms with E-state index in [4.69, 9.17) is 0 Å². The standard InChI is InChI=1S/C25H31Si.2ClH.Zr/c1-5-25(14-7-15-25)18-19-16-21-8-6-9-23(24(21)17-19)20-10-12-22(13-11-20)26(2,3)4;;;/h6,8-13,16-17H,5,7,14-15,18H2,1-4H3;2*1H;/q-1;;;+3/p-2. The molecule has 4 heteroatoms. The van der Waals surface area contributed by atoms with Crippen molar-refractivity contribution in [2.45, 2.75) is 58.7 Å². The van der Waals surface area contributed by atoms with E-state index in [-0.39, 0.29) is 51.0 Å². The topological polar surface area (TPSA) is 0 Å². The van der Waals surface area contributed by atoms with E-state index < -0.39 is 8.07 Å². The van der Waals surface area contributed by atoms with E-state index in [1.165, 1.54) is 64.8 Å². The second kappa shape index (κ2) is 10.4. The molecule has 0 aliphatic heterocycles. The zero-order chi connectivity index (χ0) is 18.4. The summed E-state index contributed by atoms with van der Waals surface area (Å²) in [6.45, 7) is 9.61. The predicted molar refractivity (Wildman–Crippen MR) is 118 cm³/mol. The molecule has 0 N–H and O–H groups in total. The van der Waals surface area contributed by atoms with E-state index >= 15 is 0 Å². The average molecular weight is 522 g/mol. The summed E-state index contributed by atoms with van der Waals surface area (Å²) in [6, 6.07) is 21.0. The number of rotatable bonds is 5. The summed E-state index contributed by atoms with van der Waals surface area (Å²) < 4.78 is 0. The molecule has 0 bridgehead atoms. The van der Waals surface area contributed by atoms with Crippen molar-refractivity contribution in [3.05, 3.63) is 60.2 Å². The summed E-state index contributed by atoms with van der Waals surface area (Å²) in [5, 5.41) is 4.36. The van der Waals surface area contributed by atoms with Gasteiger partial charge < -0.3 is 24.8 Å². The maximum Gasteiger partial charge on any atom is 3.00 e. The van der Waals surface area contributed by atoms with Crippen molar-refractivity contribution in [3.63, 3.8) is 0 Å². The van der Waals surface area contributed by atoms with E-state index in [2.05, 4.69) is 81.2 Å². The van der Waals surface area contributed by atoms with Crippen LogP contribution in [0.15, 0.2) is 54.6 Å². The van der Waals surface area contributed by atoms with Crippen LogP contribution in [0.25, 0.3) is 21.9 Å². The third kappa shape index (κ3) is 5.51. The first-order chi connectivity index (χ1) is 12.4. The monoisotopic (exact) mass is 519 g/mol. The van der Waals surface area contributed by atoms with Crippen molar-refractivity contribution in [2.24, 2.45) is 5.41 Å². The average Bonchev–Trinajstić information content (AvgIpc) is 3.00. The molecule has 0 saturated heterocycles. The van der Waals surface area contributed by atoms with Gasteiger partial charge >= 0.3 is 26.2 Å². The molecule has 0 unspecified atom stereocenters.